The number of thioether (sulfide) groups is 1. The lowest BCUT2D eigenvalue weighted by Gasteiger charge is -2.21. The molecule has 2 heterocycles. The van der Waals surface area contributed by atoms with Gasteiger partial charge in [0.05, 0.1) is 0 Å². The molecule has 5 heteroatoms. The van der Waals surface area contributed by atoms with E-state index in [1.807, 2.05) is 71.3 Å². The zero-order valence-corrected chi connectivity index (χ0v) is 15.2. The molecule has 0 unspecified atom stereocenters. The van der Waals surface area contributed by atoms with Crippen LogP contribution in [-0.4, -0.2) is 43.7 Å². The summed E-state index contributed by atoms with van der Waals surface area (Å²) >= 11 is 3.79. The molecule has 23 heavy (non-hydrogen) atoms. The normalized spacial score (nSPS) is 18.5. The Morgan fingerprint density at radius 1 is 1.22 bits per heavy atom. The van der Waals surface area contributed by atoms with Crippen LogP contribution in [0.2, 0.25) is 0 Å². The number of rotatable bonds is 3. The van der Waals surface area contributed by atoms with Crippen molar-refractivity contribution in [3.63, 3.8) is 0 Å². The van der Waals surface area contributed by atoms with E-state index in [1.165, 1.54) is 4.88 Å². The van der Waals surface area contributed by atoms with Gasteiger partial charge < -0.3 is 9.80 Å². The average Bonchev–Trinajstić information content (AvgIpc) is 2.99. The largest absolute Gasteiger partial charge is 0.378 e. The Morgan fingerprint density at radius 2 is 2.09 bits per heavy atom. The van der Waals surface area contributed by atoms with E-state index in [0.717, 1.165) is 36.5 Å². The van der Waals surface area contributed by atoms with Crippen LogP contribution in [0.5, 0.6) is 0 Å². The summed E-state index contributed by atoms with van der Waals surface area (Å²) in [6.07, 6.45) is 1.03. The molecule has 1 fully saturated rings. The summed E-state index contributed by atoms with van der Waals surface area (Å²) in [4.78, 5) is 18.3. The van der Waals surface area contributed by atoms with E-state index in [0.29, 0.717) is 5.25 Å². The molecule has 1 aromatic heterocycles. The Labute approximate surface area is 146 Å². The van der Waals surface area contributed by atoms with E-state index in [-0.39, 0.29) is 5.91 Å². The van der Waals surface area contributed by atoms with Crippen molar-refractivity contribution in [1.82, 2.24) is 4.90 Å². The molecule has 2 aromatic rings. The van der Waals surface area contributed by atoms with Crippen molar-refractivity contribution in [2.45, 2.75) is 11.7 Å². The van der Waals surface area contributed by atoms with Gasteiger partial charge in [-0.15, -0.1) is 11.3 Å². The monoisotopic (exact) mass is 346 g/mol. The molecule has 0 saturated carbocycles. The van der Waals surface area contributed by atoms with Crippen LogP contribution in [0.4, 0.5) is 5.69 Å². The fourth-order valence-corrected chi connectivity index (χ4v) is 5.01. The molecule has 1 atom stereocenters. The second-order valence-electron chi connectivity index (χ2n) is 5.90. The van der Waals surface area contributed by atoms with Crippen molar-refractivity contribution in [2.75, 3.05) is 37.8 Å². The second-order valence-corrected chi connectivity index (χ2v) is 8.19. The van der Waals surface area contributed by atoms with Crippen molar-refractivity contribution in [3.05, 3.63) is 52.2 Å². The Hall–Kier alpha value is -1.46. The standard InChI is InChI=1S/C18H22N2OS2/c1-19(2)15-6-3-5-14(13-15)18(21)20-9-8-17(23-12-10-20)16-7-4-11-22-16/h3-7,11,13,17H,8-10,12H2,1-2H3/t17-/m0/s1. The van der Waals surface area contributed by atoms with Gasteiger partial charge in [0.1, 0.15) is 0 Å². The quantitative estimate of drug-likeness (QED) is 0.835. The molecule has 0 spiro atoms. The van der Waals surface area contributed by atoms with Gasteiger partial charge in [-0.1, -0.05) is 12.1 Å². The summed E-state index contributed by atoms with van der Waals surface area (Å²) in [7, 11) is 4.00. The minimum absolute atomic E-state index is 0.154. The van der Waals surface area contributed by atoms with Gasteiger partial charge >= 0.3 is 0 Å². The average molecular weight is 347 g/mol. The van der Waals surface area contributed by atoms with Gasteiger partial charge in [-0.2, -0.15) is 11.8 Å². The number of thiophene rings is 1. The van der Waals surface area contributed by atoms with E-state index in [9.17, 15) is 4.79 Å². The minimum Gasteiger partial charge on any atom is -0.378 e. The highest BCUT2D eigenvalue weighted by Crippen LogP contribution is 2.36. The molecule has 1 amide bonds. The van der Waals surface area contributed by atoms with Crippen LogP contribution < -0.4 is 4.90 Å². The molecule has 122 valence electrons. The number of carbonyl (C=O) groups excluding carboxylic acids is 1. The predicted molar refractivity (Wildman–Crippen MR) is 101 cm³/mol. The highest BCUT2D eigenvalue weighted by Gasteiger charge is 2.23. The van der Waals surface area contributed by atoms with Crippen LogP contribution in [0, 0.1) is 0 Å². The molecule has 1 aliphatic rings. The SMILES string of the molecule is CN(C)c1cccc(C(=O)N2CCS[C@H](c3cccs3)CC2)c1. The lowest BCUT2D eigenvalue weighted by molar-refractivity contribution is 0.0766. The van der Waals surface area contributed by atoms with Gasteiger partial charge in [0.25, 0.3) is 5.91 Å². The van der Waals surface area contributed by atoms with Crippen LogP contribution in [0.3, 0.4) is 0 Å². The fraction of sp³-hybridized carbons (Fsp3) is 0.389. The summed E-state index contributed by atoms with van der Waals surface area (Å²) in [6.45, 7) is 1.66. The summed E-state index contributed by atoms with van der Waals surface area (Å²) in [6, 6.07) is 12.2. The first kappa shape index (κ1) is 16.4. The molecule has 3 rings (SSSR count). The number of anilines is 1. The smallest absolute Gasteiger partial charge is 0.253 e. The number of amides is 1. The Kier molecular flexibility index (Phi) is 5.28. The molecular formula is C18H22N2OS2. The molecular weight excluding hydrogens is 324 g/mol. The molecule has 0 bridgehead atoms. The third kappa shape index (κ3) is 3.90. The van der Waals surface area contributed by atoms with E-state index < -0.39 is 0 Å². The van der Waals surface area contributed by atoms with E-state index in [2.05, 4.69) is 17.5 Å². The molecule has 0 aliphatic carbocycles. The Balaban J connectivity index is 1.69. The minimum atomic E-state index is 0.154. The van der Waals surface area contributed by atoms with E-state index in [1.54, 1.807) is 0 Å². The third-order valence-electron chi connectivity index (χ3n) is 4.10. The summed E-state index contributed by atoms with van der Waals surface area (Å²) in [5, 5.41) is 2.66. The third-order valence-corrected chi connectivity index (χ3v) is 6.54. The number of hydrogen-bond donors (Lipinski definition) is 0. The molecule has 0 N–H and O–H groups in total. The first-order valence-electron chi connectivity index (χ1n) is 7.87. The summed E-state index contributed by atoms with van der Waals surface area (Å²) < 4.78 is 0. The Bertz CT molecular complexity index is 655. The van der Waals surface area contributed by atoms with Crippen molar-refractivity contribution >= 4 is 34.7 Å². The maximum absolute atomic E-state index is 12.8. The molecule has 0 radical (unpaired) electrons. The van der Waals surface area contributed by atoms with Gasteiger partial charge in [-0.25, -0.2) is 0 Å². The van der Waals surface area contributed by atoms with Crippen molar-refractivity contribution in [2.24, 2.45) is 0 Å². The van der Waals surface area contributed by atoms with Gasteiger partial charge in [-0.3, -0.25) is 4.79 Å². The second kappa shape index (κ2) is 7.41. The number of carbonyl (C=O) groups is 1. The van der Waals surface area contributed by atoms with Gasteiger partial charge in [0.15, 0.2) is 0 Å². The summed E-state index contributed by atoms with van der Waals surface area (Å²) in [5.41, 5.74) is 1.85. The summed E-state index contributed by atoms with van der Waals surface area (Å²) in [5.74, 6) is 1.16. The van der Waals surface area contributed by atoms with Crippen LogP contribution in [0.1, 0.15) is 26.9 Å². The molecule has 1 aliphatic heterocycles. The van der Waals surface area contributed by atoms with Crippen molar-refractivity contribution in [3.8, 4) is 0 Å². The zero-order chi connectivity index (χ0) is 16.2. The molecule has 1 saturated heterocycles. The van der Waals surface area contributed by atoms with Crippen LogP contribution in [-0.2, 0) is 0 Å². The number of nitrogens with zero attached hydrogens (tertiary/aromatic N) is 2. The molecule has 1 aromatic carbocycles. The Morgan fingerprint density at radius 3 is 2.83 bits per heavy atom. The van der Waals surface area contributed by atoms with Gasteiger partial charge in [-0.05, 0) is 36.1 Å². The lowest BCUT2D eigenvalue weighted by Crippen LogP contribution is -2.33. The molecule has 3 nitrogen and oxygen atoms in total. The fourth-order valence-electron chi connectivity index (χ4n) is 2.78. The van der Waals surface area contributed by atoms with E-state index >= 15 is 0 Å². The first-order valence-corrected chi connectivity index (χ1v) is 9.79. The number of hydrogen-bond acceptors (Lipinski definition) is 4. The first-order chi connectivity index (χ1) is 11.1. The zero-order valence-electron chi connectivity index (χ0n) is 13.6. The van der Waals surface area contributed by atoms with Gasteiger partial charge in [0.2, 0.25) is 0 Å². The van der Waals surface area contributed by atoms with Crippen LogP contribution in [0.25, 0.3) is 0 Å². The maximum atomic E-state index is 12.8. The lowest BCUT2D eigenvalue weighted by atomic mass is 10.1. The maximum Gasteiger partial charge on any atom is 0.253 e. The number of benzene rings is 1. The van der Waals surface area contributed by atoms with Crippen molar-refractivity contribution < 1.29 is 4.79 Å². The van der Waals surface area contributed by atoms with Crippen molar-refractivity contribution in [1.29, 1.82) is 0 Å². The van der Waals surface area contributed by atoms with Gasteiger partial charge in [0, 0.05) is 54.3 Å². The highest BCUT2D eigenvalue weighted by molar-refractivity contribution is 7.99. The predicted octanol–water partition coefficient (Wildman–Crippen LogP) is 4.13. The van der Waals surface area contributed by atoms with Crippen LogP contribution >= 0.6 is 23.1 Å². The van der Waals surface area contributed by atoms with Crippen LogP contribution in [0.15, 0.2) is 41.8 Å². The topological polar surface area (TPSA) is 23.6 Å². The van der Waals surface area contributed by atoms with E-state index in [4.69, 9.17) is 0 Å². The highest BCUT2D eigenvalue weighted by atomic mass is 32.2.